The van der Waals surface area contributed by atoms with Crippen LogP contribution in [0.2, 0.25) is 0 Å². The molecule has 0 bridgehead atoms. The van der Waals surface area contributed by atoms with Crippen LogP contribution in [-0.2, 0) is 0 Å². The van der Waals surface area contributed by atoms with Crippen LogP contribution in [0.25, 0.3) is 0 Å². The minimum absolute atomic E-state index is 0.0963. The molecule has 1 aromatic carbocycles. The Morgan fingerprint density at radius 1 is 1.31 bits per heavy atom. The standard InChI is InChI=1S/C12H13FO3/c13-10-7-9(5-6-11(14)12(10)15)16-8-3-1-2-4-8/h5-8H,1-4H2,(H,14,15). The molecule has 3 nitrogen and oxygen atoms in total. The first-order valence-corrected chi connectivity index (χ1v) is 5.36. The molecule has 16 heavy (non-hydrogen) atoms. The minimum atomic E-state index is -0.942. The third-order valence-electron chi connectivity index (χ3n) is 2.73. The molecule has 1 aromatic rings. The first-order chi connectivity index (χ1) is 7.66. The Morgan fingerprint density at radius 2 is 2.00 bits per heavy atom. The Labute approximate surface area is 92.5 Å². The zero-order valence-electron chi connectivity index (χ0n) is 8.78. The molecule has 2 rings (SSSR count). The molecule has 0 radical (unpaired) electrons. The summed E-state index contributed by atoms with van der Waals surface area (Å²) in [6.45, 7) is 0. The molecule has 0 atom stereocenters. The lowest BCUT2D eigenvalue weighted by Gasteiger charge is -2.11. The summed E-state index contributed by atoms with van der Waals surface area (Å²) in [6.07, 6.45) is 4.24. The topological polar surface area (TPSA) is 46.5 Å². The molecule has 1 fully saturated rings. The lowest BCUT2D eigenvalue weighted by atomic mass is 10.3. The Hall–Kier alpha value is -1.58. The molecule has 0 aromatic heterocycles. The fraction of sp³-hybridized carbons (Fsp3) is 0.417. The highest BCUT2D eigenvalue weighted by molar-refractivity contribution is 5.29. The molecule has 1 saturated carbocycles. The van der Waals surface area contributed by atoms with Crippen LogP contribution in [0.5, 0.6) is 11.5 Å². The van der Waals surface area contributed by atoms with Crippen LogP contribution in [0.15, 0.2) is 23.0 Å². The van der Waals surface area contributed by atoms with Crippen molar-refractivity contribution in [2.24, 2.45) is 0 Å². The van der Waals surface area contributed by atoms with E-state index < -0.39 is 17.0 Å². The fourth-order valence-electron chi connectivity index (χ4n) is 1.87. The van der Waals surface area contributed by atoms with Crippen LogP contribution < -0.4 is 10.2 Å². The maximum atomic E-state index is 13.2. The SMILES string of the molecule is O=c1ccc(OC2CCCC2)cc(F)c1O. The average Bonchev–Trinajstić information content (AvgIpc) is 2.72. The van der Waals surface area contributed by atoms with Crippen LogP contribution in [0, 0.1) is 5.82 Å². The highest BCUT2D eigenvalue weighted by Crippen LogP contribution is 2.24. The first-order valence-electron chi connectivity index (χ1n) is 5.36. The van der Waals surface area contributed by atoms with Crippen molar-refractivity contribution in [3.63, 3.8) is 0 Å². The smallest absolute Gasteiger partial charge is 0.223 e. The van der Waals surface area contributed by atoms with Crippen LogP contribution in [0.4, 0.5) is 4.39 Å². The Bertz CT molecular complexity index is 439. The highest BCUT2D eigenvalue weighted by Gasteiger charge is 2.16. The summed E-state index contributed by atoms with van der Waals surface area (Å²) < 4.78 is 18.8. The normalized spacial score (nSPS) is 16.3. The van der Waals surface area contributed by atoms with Gasteiger partial charge >= 0.3 is 0 Å². The summed E-state index contributed by atoms with van der Waals surface area (Å²) >= 11 is 0. The summed E-state index contributed by atoms with van der Waals surface area (Å²) in [7, 11) is 0. The maximum Gasteiger partial charge on any atom is 0.223 e. The fourth-order valence-corrected chi connectivity index (χ4v) is 1.87. The van der Waals surface area contributed by atoms with Crippen LogP contribution in [0.1, 0.15) is 25.7 Å². The summed E-state index contributed by atoms with van der Waals surface area (Å²) in [5, 5.41) is 9.11. The van der Waals surface area contributed by atoms with Gasteiger partial charge in [-0.05, 0) is 37.8 Å². The van der Waals surface area contributed by atoms with E-state index in [2.05, 4.69) is 0 Å². The molecule has 0 spiro atoms. The minimum Gasteiger partial charge on any atom is -0.502 e. The zero-order chi connectivity index (χ0) is 11.5. The van der Waals surface area contributed by atoms with Crippen molar-refractivity contribution in [3.8, 4) is 11.5 Å². The van der Waals surface area contributed by atoms with Gasteiger partial charge in [0.1, 0.15) is 5.75 Å². The van der Waals surface area contributed by atoms with E-state index in [1.165, 1.54) is 6.07 Å². The molecule has 86 valence electrons. The lowest BCUT2D eigenvalue weighted by molar-refractivity contribution is 0.209. The van der Waals surface area contributed by atoms with E-state index in [4.69, 9.17) is 9.84 Å². The Balaban J connectivity index is 2.25. The van der Waals surface area contributed by atoms with Crippen molar-refractivity contribution in [1.29, 1.82) is 0 Å². The molecule has 0 heterocycles. The van der Waals surface area contributed by atoms with E-state index in [1.807, 2.05) is 0 Å². The number of halogens is 1. The lowest BCUT2D eigenvalue weighted by Crippen LogP contribution is -2.10. The molecule has 1 aliphatic carbocycles. The third-order valence-corrected chi connectivity index (χ3v) is 2.73. The molecule has 0 aliphatic heterocycles. The van der Waals surface area contributed by atoms with Gasteiger partial charge in [0.15, 0.2) is 11.6 Å². The van der Waals surface area contributed by atoms with Gasteiger partial charge in [0.05, 0.1) is 6.10 Å². The maximum absolute atomic E-state index is 13.2. The first kappa shape index (κ1) is 10.9. The Morgan fingerprint density at radius 3 is 2.69 bits per heavy atom. The van der Waals surface area contributed by atoms with Gasteiger partial charge in [-0.15, -0.1) is 0 Å². The van der Waals surface area contributed by atoms with Crippen LogP contribution in [0.3, 0.4) is 0 Å². The second-order valence-corrected chi connectivity index (χ2v) is 3.97. The van der Waals surface area contributed by atoms with Gasteiger partial charge in [-0.1, -0.05) is 0 Å². The van der Waals surface area contributed by atoms with E-state index in [0.717, 1.165) is 37.8 Å². The average molecular weight is 224 g/mol. The molecule has 0 unspecified atom stereocenters. The quantitative estimate of drug-likeness (QED) is 0.837. The van der Waals surface area contributed by atoms with Crippen LogP contribution in [-0.4, -0.2) is 11.2 Å². The molecule has 1 aliphatic rings. The van der Waals surface area contributed by atoms with Crippen molar-refractivity contribution >= 4 is 0 Å². The van der Waals surface area contributed by atoms with Gasteiger partial charge < -0.3 is 9.84 Å². The molecule has 0 amide bonds. The van der Waals surface area contributed by atoms with Gasteiger partial charge in [0.25, 0.3) is 0 Å². The van der Waals surface area contributed by atoms with Gasteiger partial charge in [-0.25, -0.2) is 4.39 Å². The monoisotopic (exact) mass is 224 g/mol. The predicted molar refractivity (Wildman–Crippen MR) is 57.2 cm³/mol. The van der Waals surface area contributed by atoms with E-state index in [9.17, 15) is 9.18 Å². The van der Waals surface area contributed by atoms with E-state index >= 15 is 0 Å². The van der Waals surface area contributed by atoms with Gasteiger partial charge in [-0.2, -0.15) is 0 Å². The summed E-state index contributed by atoms with van der Waals surface area (Å²) in [5.41, 5.74) is -0.737. The van der Waals surface area contributed by atoms with E-state index in [-0.39, 0.29) is 6.10 Å². The van der Waals surface area contributed by atoms with Gasteiger partial charge in [0.2, 0.25) is 5.43 Å². The molecular weight excluding hydrogens is 211 g/mol. The van der Waals surface area contributed by atoms with Crippen molar-refractivity contribution in [3.05, 3.63) is 34.2 Å². The van der Waals surface area contributed by atoms with Crippen molar-refractivity contribution in [2.45, 2.75) is 31.8 Å². The zero-order valence-corrected chi connectivity index (χ0v) is 8.78. The predicted octanol–water partition coefficient (Wildman–Crippen LogP) is 2.21. The van der Waals surface area contributed by atoms with Gasteiger partial charge in [0, 0.05) is 6.07 Å². The van der Waals surface area contributed by atoms with Gasteiger partial charge in [-0.3, -0.25) is 4.79 Å². The van der Waals surface area contributed by atoms with Crippen LogP contribution >= 0.6 is 0 Å². The molecule has 0 saturated heterocycles. The number of hydrogen-bond acceptors (Lipinski definition) is 3. The summed E-state index contributed by atoms with van der Waals surface area (Å²) in [4.78, 5) is 11.1. The molecule has 4 heteroatoms. The Kier molecular flexibility index (Phi) is 3.08. The molecule has 1 N–H and O–H groups in total. The van der Waals surface area contributed by atoms with E-state index in [1.54, 1.807) is 0 Å². The van der Waals surface area contributed by atoms with Crippen molar-refractivity contribution in [2.75, 3.05) is 0 Å². The summed E-state index contributed by atoms with van der Waals surface area (Å²) in [6, 6.07) is 3.56. The highest BCUT2D eigenvalue weighted by atomic mass is 19.1. The second-order valence-electron chi connectivity index (χ2n) is 3.97. The number of aromatic hydroxyl groups is 1. The van der Waals surface area contributed by atoms with E-state index in [0.29, 0.717) is 5.75 Å². The number of rotatable bonds is 2. The number of ether oxygens (including phenoxy) is 1. The third kappa shape index (κ3) is 2.32. The van der Waals surface area contributed by atoms with Crippen molar-refractivity contribution in [1.82, 2.24) is 0 Å². The second kappa shape index (κ2) is 4.51. The molecular formula is C12H13FO3. The largest absolute Gasteiger partial charge is 0.502 e. The number of hydrogen-bond donors (Lipinski definition) is 1. The van der Waals surface area contributed by atoms with Crippen molar-refractivity contribution < 1.29 is 14.2 Å². The summed E-state index contributed by atoms with van der Waals surface area (Å²) in [5.74, 6) is -1.51.